The Bertz CT molecular complexity index is 34.8. The van der Waals surface area contributed by atoms with Crippen LogP contribution in [0, 0.1) is 0 Å². The molecule has 0 aromatic rings. The predicted octanol–water partition coefficient (Wildman–Crippen LogP) is -0.473. The fourth-order valence-electron chi connectivity index (χ4n) is 0.149. The van der Waals surface area contributed by atoms with E-state index in [4.69, 9.17) is 10.2 Å². The van der Waals surface area contributed by atoms with Gasteiger partial charge in [-0.1, -0.05) is 12.2 Å². The van der Waals surface area contributed by atoms with E-state index in [1.54, 1.807) is 0 Å². The van der Waals surface area contributed by atoms with E-state index >= 15 is 0 Å². The van der Waals surface area contributed by atoms with Gasteiger partial charge in [0, 0.05) is 0 Å². The summed E-state index contributed by atoms with van der Waals surface area (Å²) in [5.74, 6) is 0. The molecule has 6 heavy (non-hydrogen) atoms. The van der Waals surface area contributed by atoms with Crippen LogP contribution in [-0.4, -0.2) is 23.4 Å². The van der Waals surface area contributed by atoms with E-state index in [1.165, 1.54) is 12.2 Å². The Labute approximate surface area is 36.7 Å². The number of hydrogen-bond acceptors (Lipinski definition) is 2. The summed E-state index contributed by atoms with van der Waals surface area (Å²) in [6, 6.07) is 0. The third-order valence-corrected chi connectivity index (χ3v) is 0.377. The average Bonchev–Trinajstić information content (AvgIpc) is 1.61. The molecule has 0 aliphatic rings. The number of aliphatic hydroxyl groups excluding tert-OH is 2. The highest BCUT2D eigenvalue weighted by Crippen LogP contribution is 1.63. The van der Waals surface area contributed by atoms with E-state index in [1.807, 2.05) is 0 Å². The Hall–Kier alpha value is -0.340. The van der Waals surface area contributed by atoms with Gasteiger partial charge in [0.1, 0.15) is 0 Å². The zero-order valence-electron chi connectivity index (χ0n) is 3.46. The van der Waals surface area contributed by atoms with Crippen molar-refractivity contribution in [2.45, 2.75) is 0 Å². The minimum Gasteiger partial charge on any atom is -0.392 e. The maximum atomic E-state index is 8.00. The molecule has 0 fully saturated rings. The lowest BCUT2D eigenvalue weighted by Crippen LogP contribution is -1.74. The number of rotatable bonds is 2. The van der Waals surface area contributed by atoms with Gasteiger partial charge in [-0.2, -0.15) is 0 Å². The molecule has 0 saturated heterocycles. The van der Waals surface area contributed by atoms with Gasteiger partial charge in [0.2, 0.25) is 0 Å². The molecule has 0 rings (SSSR count). The molecule has 36 valence electrons. The fourth-order valence-corrected chi connectivity index (χ4v) is 0.149. The van der Waals surface area contributed by atoms with Crippen molar-refractivity contribution in [3.05, 3.63) is 12.2 Å². The van der Waals surface area contributed by atoms with Gasteiger partial charge in [0.15, 0.2) is 0 Å². The molecule has 0 aliphatic carbocycles. The summed E-state index contributed by atoms with van der Waals surface area (Å²) >= 11 is 0. The number of hydrogen-bond donors (Lipinski definition) is 2. The zero-order valence-corrected chi connectivity index (χ0v) is 3.46. The first kappa shape index (κ1) is 5.66. The maximum Gasteiger partial charge on any atom is 0.0613 e. The third kappa shape index (κ3) is 3.66. The van der Waals surface area contributed by atoms with Crippen molar-refractivity contribution >= 4 is 0 Å². The molecule has 2 N–H and O–H groups in total. The molecule has 0 unspecified atom stereocenters. The van der Waals surface area contributed by atoms with Crippen LogP contribution in [0.1, 0.15) is 0 Å². The van der Waals surface area contributed by atoms with Crippen molar-refractivity contribution < 1.29 is 10.2 Å². The molecule has 2 heteroatoms. The zero-order chi connectivity index (χ0) is 4.83. The predicted molar refractivity (Wildman–Crippen MR) is 23.3 cm³/mol. The van der Waals surface area contributed by atoms with Crippen LogP contribution in [0.4, 0.5) is 0 Å². The topological polar surface area (TPSA) is 40.5 Å². The SMILES string of the molecule is OC/C=C/CO. The molecule has 0 amide bonds. The van der Waals surface area contributed by atoms with Gasteiger partial charge in [-0.15, -0.1) is 0 Å². The van der Waals surface area contributed by atoms with E-state index in [2.05, 4.69) is 0 Å². The summed E-state index contributed by atoms with van der Waals surface area (Å²) in [6.45, 7) is 0.0289. The van der Waals surface area contributed by atoms with Crippen molar-refractivity contribution in [1.29, 1.82) is 0 Å². The van der Waals surface area contributed by atoms with Crippen LogP contribution < -0.4 is 0 Å². The molecular formula is C4H8O2. The highest BCUT2D eigenvalue weighted by molar-refractivity contribution is 4.78. The van der Waals surface area contributed by atoms with Crippen LogP contribution in [0.15, 0.2) is 12.2 Å². The lowest BCUT2D eigenvalue weighted by molar-refractivity contribution is 0.329. The van der Waals surface area contributed by atoms with E-state index < -0.39 is 0 Å². The van der Waals surface area contributed by atoms with Gasteiger partial charge >= 0.3 is 0 Å². The van der Waals surface area contributed by atoms with E-state index in [0.717, 1.165) is 0 Å². The van der Waals surface area contributed by atoms with Crippen LogP contribution in [0.2, 0.25) is 0 Å². The summed E-state index contributed by atoms with van der Waals surface area (Å²) in [5.41, 5.74) is 0. The highest BCUT2D eigenvalue weighted by Gasteiger charge is 1.61. The molecule has 0 spiro atoms. The second kappa shape index (κ2) is 4.66. The van der Waals surface area contributed by atoms with Crippen LogP contribution in [0.5, 0.6) is 0 Å². The lowest BCUT2D eigenvalue weighted by Gasteiger charge is -1.73. The standard InChI is InChI=1S/C4H8O2/c5-3-1-2-4-6/h1-2,5-6H,3-4H2/b2-1+. The summed E-state index contributed by atoms with van der Waals surface area (Å²) in [5, 5.41) is 16.0. The molecule has 0 atom stereocenters. The van der Waals surface area contributed by atoms with Gasteiger partial charge in [0.05, 0.1) is 13.2 Å². The van der Waals surface area contributed by atoms with E-state index in [0.29, 0.717) is 0 Å². The van der Waals surface area contributed by atoms with Crippen molar-refractivity contribution in [2.24, 2.45) is 0 Å². The lowest BCUT2D eigenvalue weighted by atomic mass is 10.5. The minimum atomic E-state index is 0.0144. The molecule has 2 nitrogen and oxygen atoms in total. The molecule has 0 aliphatic heterocycles. The third-order valence-electron chi connectivity index (χ3n) is 0.377. The molecule has 0 heterocycles. The first-order chi connectivity index (χ1) is 2.91. The van der Waals surface area contributed by atoms with Gasteiger partial charge in [-0.25, -0.2) is 0 Å². The molecule has 0 saturated carbocycles. The van der Waals surface area contributed by atoms with Crippen molar-refractivity contribution in [3.63, 3.8) is 0 Å². The molecular weight excluding hydrogens is 80.0 g/mol. The Balaban J connectivity index is 2.73. The summed E-state index contributed by atoms with van der Waals surface area (Å²) in [6.07, 6.45) is 2.97. The van der Waals surface area contributed by atoms with Gasteiger partial charge in [-0.3, -0.25) is 0 Å². The van der Waals surface area contributed by atoms with Gasteiger partial charge in [-0.05, 0) is 0 Å². The largest absolute Gasteiger partial charge is 0.392 e. The Morgan fingerprint density at radius 2 is 1.33 bits per heavy atom. The van der Waals surface area contributed by atoms with Crippen molar-refractivity contribution in [3.8, 4) is 0 Å². The van der Waals surface area contributed by atoms with E-state index in [-0.39, 0.29) is 13.2 Å². The van der Waals surface area contributed by atoms with Crippen molar-refractivity contribution in [1.82, 2.24) is 0 Å². The quantitative estimate of drug-likeness (QED) is 0.448. The highest BCUT2D eigenvalue weighted by atomic mass is 16.3. The van der Waals surface area contributed by atoms with E-state index in [9.17, 15) is 0 Å². The maximum absolute atomic E-state index is 8.00. The van der Waals surface area contributed by atoms with Crippen LogP contribution in [-0.2, 0) is 0 Å². The summed E-state index contributed by atoms with van der Waals surface area (Å²) in [7, 11) is 0. The minimum absolute atomic E-state index is 0.0144. The second-order valence-corrected chi connectivity index (χ2v) is 0.837. The normalized spacial score (nSPS) is 10.3. The fraction of sp³-hybridized carbons (Fsp3) is 0.500. The smallest absolute Gasteiger partial charge is 0.0613 e. The van der Waals surface area contributed by atoms with Gasteiger partial charge < -0.3 is 10.2 Å². The first-order valence-electron chi connectivity index (χ1n) is 1.78. The number of aliphatic hydroxyl groups is 2. The average molecular weight is 88.1 g/mol. The molecule has 0 aromatic carbocycles. The Morgan fingerprint density at radius 3 is 1.50 bits per heavy atom. The first-order valence-corrected chi connectivity index (χ1v) is 1.78. The summed E-state index contributed by atoms with van der Waals surface area (Å²) in [4.78, 5) is 0. The molecule has 0 bridgehead atoms. The van der Waals surface area contributed by atoms with Crippen LogP contribution >= 0.6 is 0 Å². The monoisotopic (exact) mass is 88.1 g/mol. The van der Waals surface area contributed by atoms with Crippen LogP contribution in [0.3, 0.4) is 0 Å². The molecule has 0 radical (unpaired) electrons. The second-order valence-electron chi connectivity index (χ2n) is 0.837. The van der Waals surface area contributed by atoms with Gasteiger partial charge in [0.25, 0.3) is 0 Å². The Morgan fingerprint density at radius 1 is 1.00 bits per heavy atom. The Kier molecular flexibility index (Phi) is 4.40. The van der Waals surface area contributed by atoms with Crippen LogP contribution in [0.25, 0.3) is 0 Å². The van der Waals surface area contributed by atoms with Crippen molar-refractivity contribution in [2.75, 3.05) is 13.2 Å². The molecule has 0 aromatic heterocycles. The summed E-state index contributed by atoms with van der Waals surface area (Å²) < 4.78 is 0.